The molecule has 0 spiro atoms. The van der Waals surface area contributed by atoms with Crippen molar-refractivity contribution in [1.29, 1.82) is 0 Å². The molecule has 1 aromatic carbocycles. The third-order valence-corrected chi connectivity index (χ3v) is 3.78. The van der Waals surface area contributed by atoms with Gasteiger partial charge in [0.2, 0.25) is 0 Å². The third-order valence-electron chi connectivity index (χ3n) is 3.78. The largest absolute Gasteiger partial charge is 0.379 e. The quantitative estimate of drug-likeness (QED) is 0.703. The third kappa shape index (κ3) is 6.60. The summed E-state index contributed by atoms with van der Waals surface area (Å²) in [5.41, 5.74) is 3.79. The van der Waals surface area contributed by atoms with Crippen molar-refractivity contribution in [2.75, 3.05) is 26.9 Å². The van der Waals surface area contributed by atoms with Crippen LogP contribution in [0.15, 0.2) is 18.2 Å². The van der Waals surface area contributed by atoms with Crippen LogP contribution < -0.4 is 5.32 Å². The lowest BCUT2D eigenvalue weighted by atomic mass is 10.0. The minimum Gasteiger partial charge on any atom is -0.379 e. The van der Waals surface area contributed by atoms with Crippen molar-refractivity contribution in [2.24, 2.45) is 0 Å². The second-order valence-electron chi connectivity index (χ2n) is 6.32. The number of benzene rings is 1. The first-order valence-corrected chi connectivity index (χ1v) is 7.82. The number of rotatable bonds is 9. The van der Waals surface area contributed by atoms with Gasteiger partial charge in [0.25, 0.3) is 0 Å². The van der Waals surface area contributed by atoms with E-state index in [1.54, 1.807) is 7.11 Å². The van der Waals surface area contributed by atoms with E-state index >= 15 is 0 Å². The molecule has 0 aliphatic rings. The molecule has 1 atom stereocenters. The summed E-state index contributed by atoms with van der Waals surface area (Å²) in [6, 6.07) is 6.93. The molecule has 120 valence electrons. The molecular formula is C18H31NO2. The Morgan fingerprint density at radius 2 is 1.76 bits per heavy atom. The molecule has 1 rings (SSSR count). The second kappa shape index (κ2) is 8.52. The summed E-state index contributed by atoms with van der Waals surface area (Å²) in [6.07, 6.45) is 0.898. The van der Waals surface area contributed by atoms with Crippen LogP contribution in [-0.4, -0.2) is 32.5 Å². The molecule has 1 unspecified atom stereocenters. The molecule has 0 amide bonds. The number of hydrogen-bond donors (Lipinski definition) is 1. The maximum Gasteiger partial charge on any atom is 0.0661 e. The summed E-state index contributed by atoms with van der Waals surface area (Å²) in [6.45, 7) is 12.9. The molecule has 0 saturated carbocycles. The van der Waals surface area contributed by atoms with Crippen LogP contribution in [0.4, 0.5) is 0 Å². The molecule has 0 radical (unpaired) electrons. The Morgan fingerprint density at radius 1 is 1.14 bits per heavy atom. The van der Waals surface area contributed by atoms with Crippen molar-refractivity contribution >= 4 is 0 Å². The lowest BCUT2D eigenvalue weighted by Gasteiger charge is -2.24. The van der Waals surface area contributed by atoms with Crippen LogP contribution in [0.1, 0.15) is 49.9 Å². The van der Waals surface area contributed by atoms with Gasteiger partial charge in [0.1, 0.15) is 0 Å². The van der Waals surface area contributed by atoms with Gasteiger partial charge in [0.05, 0.1) is 18.2 Å². The molecule has 0 saturated heterocycles. The van der Waals surface area contributed by atoms with Crippen LogP contribution in [0.3, 0.4) is 0 Å². The van der Waals surface area contributed by atoms with Gasteiger partial charge in [-0.15, -0.1) is 0 Å². The smallest absolute Gasteiger partial charge is 0.0661 e. The molecule has 0 bridgehead atoms. The van der Waals surface area contributed by atoms with Gasteiger partial charge >= 0.3 is 0 Å². The van der Waals surface area contributed by atoms with E-state index in [0.717, 1.165) is 13.0 Å². The SMILES string of the molecule is CCNC(COCCC(C)(C)OC)c1cc(C)cc(C)c1. The van der Waals surface area contributed by atoms with E-state index < -0.39 is 0 Å². The van der Waals surface area contributed by atoms with Crippen molar-refractivity contribution < 1.29 is 9.47 Å². The predicted octanol–water partition coefficient (Wildman–Crippen LogP) is 3.79. The fraction of sp³-hybridized carbons (Fsp3) is 0.667. The summed E-state index contributed by atoms with van der Waals surface area (Å²) in [5.74, 6) is 0. The van der Waals surface area contributed by atoms with Crippen LogP contribution >= 0.6 is 0 Å². The zero-order valence-electron chi connectivity index (χ0n) is 14.5. The standard InChI is InChI=1S/C18H31NO2/c1-7-19-17(13-21-9-8-18(4,5)20-6)16-11-14(2)10-15(3)12-16/h10-12,17,19H,7-9,13H2,1-6H3. The highest BCUT2D eigenvalue weighted by molar-refractivity contribution is 5.30. The van der Waals surface area contributed by atoms with Crippen LogP contribution in [0, 0.1) is 13.8 Å². The molecule has 3 heteroatoms. The highest BCUT2D eigenvalue weighted by atomic mass is 16.5. The first kappa shape index (κ1) is 18.1. The summed E-state index contributed by atoms with van der Waals surface area (Å²) >= 11 is 0. The first-order valence-electron chi connectivity index (χ1n) is 7.82. The number of methoxy groups -OCH3 is 1. The predicted molar refractivity (Wildman–Crippen MR) is 88.9 cm³/mol. The average molecular weight is 293 g/mol. The zero-order chi connectivity index (χ0) is 15.9. The van der Waals surface area contributed by atoms with Crippen molar-refractivity contribution in [3.63, 3.8) is 0 Å². The number of ether oxygens (including phenoxy) is 2. The number of aryl methyl sites for hydroxylation is 2. The van der Waals surface area contributed by atoms with Crippen molar-refractivity contribution in [3.8, 4) is 0 Å². The van der Waals surface area contributed by atoms with Crippen molar-refractivity contribution in [3.05, 3.63) is 34.9 Å². The van der Waals surface area contributed by atoms with Gasteiger partial charge in [-0.25, -0.2) is 0 Å². The monoisotopic (exact) mass is 293 g/mol. The highest BCUT2D eigenvalue weighted by Gasteiger charge is 2.17. The topological polar surface area (TPSA) is 30.5 Å². The van der Waals surface area contributed by atoms with Gasteiger partial charge < -0.3 is 14.8 Å². The van der Waals surface area contributed by atoms with E-state index in [1.165, 1.54) is 16.7 Å². The van der Waals surface area contributed by atoms with E-state index in [4.69, 9.17) is 9.47 Å². The molecule has 0 fully saturated rings. The van der Waals surface area contributed by atoms with E-state index in [1.807, 2.05) is 0 Å². The Morgan fingerprint density at radius 3 is 2.29 bits per heavy atom. The van der Waals surface area contributed by atoms with Gasteiger partial charge in [0, 0.05) is 13.7 Å². The fourth-order valence-electron chi connectivity index (χ4n) is 2.35. The molecule has 0 aromatic heterocycles. The molecule has 21 heavy (non-hydrogen) atoms. The van der Waals surface area contributed by atoms with Crippen LogP contribution in [-0.2, 0) is 9.47 Å². The maximum atomic E-state index is 5.88. The minimum atomic E-state index is -0.117. The van der Waals surface area contributed by atoms with Gasteiger partial charge in [-0.1, -0.05) is 36.2 Å². The molecule has 1 aromatic rings. The van der Waals surface area contributed by atoms with Gasteiger partial charge in [0.15, 0.2) is 0 Å². The number of hydrogen-bond acceptors (Lipinski definition) is 3. The van der Waals surface area contributed by atoms with E-state index in [2.05, 4.69) is 58.1 Å². The van der Waals surface area contributed by atoms with Crippen LogP contribution in [0.2, 0.25) is 0 Å². The summed E-state index contributed by atoms with van der Waals surface area (Å²) in [7, 11) is 1.75. The molecule has 0 heterocycles. The van der Waals surface area contributed by atoms with Gasteiger partial charge in [-0.2, -0.15) is 0 Å². The van der Waals surface area contributed by atoms with Crippen molar-refractivity contribution in [1.82, 2.24) is 5.32 Å². The van der Waals surface area contributed by atoms with Gasteiger partial charge in [-0.05, 0) is 46.2 Å². The van der Waals surface area contributed by atoms with Crippen LogP contribution in [0.25, 0.3) is 0 Å². The number of likely N-dealkylation sites (N-methyl/N-ethyl adjacent to an activating group) is 1. The Kier molecular flexibility index (Phi) is 7.36. The maximum absolute atomic E-state index is 5.88. The average Bonchev–Trinajstić information content (AvgIpc) is 2.41. The van der Waals surface area contributed by atoms with Crippen molar-refractivity contribution in [2.45, 2.75) is 52.7 Å². The van der Waals surface area contributed by atoms with E-state index in [9.17, 15) is 0 Å². The molecule has 0 aliphatic heterocycles. The Balaban J connectivity index is 2.57. The molecule has 0 aliphatic carbocycles. The normalized spacial score (nSPS) is 13.4. The highest BCUT2D eigenvalue weighted by Crippen LogP contribution is 2.18. The Hall–Kier alpha value is -0.900. The lowest BCUT2D eigenvalue weighted by Crippen LogP contribution is -2.28. The Labute approximate surface area is 130 Å². The van der Waals surface area contributed by atoms with E-state index in [-0.39, 0.29) is 11.6 Å². The summed E-state index contributed by atoms with van der Waals surface area (Å²) < 4.78 is 11.3. The lowest BCUT2D eigenvalue weighted by molar-refractivity contribution is -0.0124. The minimum absolute atomic E-state index is 0.117. The zero-order valence-corrected chi connectivity index (χ0v) is 14.5. The van der Waals surface area contributed by atoms with Gasteiger partial charge in [-0.3, -0.25) is 0 Å². The fourth-order valence-corrected chi connectivity index (χ4v) is 2.35. The molecule has 3 nitrogen and oxygen atoms in total. The summed E-state index contributed by atoms with van der Waals surface area (Å²) in [5, 5.41) is 3.51. The van der Waals surface area contributed by atoms with Crippen LogP contribution in [0.5, 0.6) is 0 Å². The summed E-state index contributed by atoms with van der Waals surface area (Å²) in [4.78, 5) is 0. The Bertz CT molecular complexity index is 409. The first-order chi connectivity index (χ1) is 9.88. The molecular weight excluding hydrogens is 262 g/mol. The second-order valence-corrected chi connectivity index (χ2v) is 6.32. The van der Waals surface area contributed by atoms with E-state index in [0.29, 0.717) is 13.2 Å². The molecule has 1 N–H and O–H groups in total. The number of nitrogens with one attached hydrogen (secondary N) is 1.